The molecule has 2 aromatic heterocycles. The summed E-state index contributed by atoms with van der Waals surface area (Å²) in [6.45, 7) is 12.4. The molecule has 1 aliphatic carbocycles. The Morgan fingerprint density at radius 2 is 2.00 bits per heavy atom. The molecule has 126 valence electrons. The Balaban J connectivity index is 1.60. The van der Waals surface area contributed by atoms with E-state index in [1.807, 2.05) is 12.4 Å². The molecule has 0 atom stereocenters. The summed E-state index contributed by atoms with van der Waals surface area (Å²) in [6.07, 6.45) is 7.80. The molecule has 0 radical (unpaired) electrons. The van der Waals surface area contributed by atoms with Crippen LogP contribution in [0, 0.1) is 5.92 Å². The number of nitrogens with zero attached hydrogens (tertiary/aromatic N) is 3. The predicted octanol–water partition coefficient (Wildman–Crippen LogP) is 4.90. The second-order valence-electron chi connectivity index (χ2n) is 8.20. The van der Waals surface area contributed by atoms with E-state index in [0.717, 1.165) is 30.8 Å². The summed E-state index contributed by atoms with van der Waals surface area (Å²) in [6, 6.07) is 0. The zero-order chi connectivity index (χ0) is 16.8. The van der Waals surface area contributed by atoms with Crippen molar-refractivity contribution in [2.75, 3.05) is 6.61 Å². The summed E-state index contributed by atoms with van der Waals surface area (Å²) in [4.78, 5) is 8.67. The standard InChI is InChI=1S/C17H26ClN3OSi/c1-17(2,3)23(4,5)22-11-12-8-13(9-12)16-20-10-14-15(18)19-6-7-21(14)16/h6-7,10,12-13H,8-9,11H2,1-5H3/t12-,13+. The third-order valence-electron chi connectivity index (χ3n) is 5.53. The molecule has 2 heterocycles. The second kappa shape index (κ2) is 5.87. The van der Waals surface area contributed by atoms with E-state index >= 15 is 0 Å². The minimum absolute atomic E-state index is 0.277. The molecule has 0 unspecified atom stereocenters. The van der Waals surface area contributed by atoms with E-state index in [9.17, 15) is 0 Å². The van der Waals surface area contributed by atoms with E-state index in [4.69, 9.17) is 16.0 Å². The highest BCUT2D eigenvalue weighted by Gasteiger charge is 2.40. The van der Waals surface area contributed by atoms with Gasteiger partial charge in [0.15, 0.2) is 13.5 Å². The van der Waals surface area contributed by atoms with Crippen molar-refractivity contribution in [2.24, 2.45) is 5.92 Å². The lowest BCUT2D eigenvalue weighted by atomic mass is 9.75. The molecule has 1 aliphatic rings. The third kappa shape index (κ3) is 3.19. The molecule has 4 nitrogen and oxygen atoms in total. The maximum absolute atomic E-state index is 6.35. The van der Waals surface area contributed by atoms with Crippen molar-refractivity contribution in [3.8, 4) is 0 Å². The van der Waals surface area contributed by atoms with Crippen molar-refractivity contribution in [2.45, 2.75) is 57.7 Å². The van der Waals surface area contributed by atoms with E-state index in [0.29, 0.717) is 17.0 Å². The summed E-state index contributed by atoms with van der Waals surface area (Å²) >= 11 is 6.12. The van der Waals surface area contributed by atoms with Crippen LogP contribution in [-0.2, 0) is 4.43 Å². The fraction of sp³-hybridized carbons (Fsp3) is 0.647. The number of imidazole rings is 1. The normalized spacial score (nSPS) is 22.3. The average molecular weight is 352 g/mol. The molecule has 0 saturated heterocycles. The van der Waals surface area contributed by atoms with Gasteiger partial charge in [0.25, 0.3) is 0 Å². The number of halogens is 1. The van der Waals surface area contributed by atoms with Crippen molar-refractivity contribution < 1.29 is 4.43 Å². The van der Waals surface area contributed by atoms with Crippen LogP contribution in [0.25, 0.3) is 5.52 Å². The number of rotatable bonds is 4. The minimum Gasteiger partial charge on any atom is -0.417 e. The lowest BCUT2D eigenvalue weighted by molar-refractivity contribution is 0.143. The van der Waals surface area contributed by atoms with Crippen LogP contribution < -0.4 is 0 Å². The highest BCUT2D eigenvalue weighted by molar-refractivity contribution is 6.74. The quantitative estimate of drug-likeness (QED) is 0.735. The fourth-order valence-electron chi connectivity index (χ4n) is 2.84. The first-order valence-corrected chi connectivity index (χ1v) is 11.6. The minimum atomic E-state index is -1.64. The van der Waals surface area contributed by atoms with Gasteiger partial charge < -0.3 is 4.43 Å². The van der Waals surface area contributed by atoms with Gasteiger partial charge in [0, 0.05) is 24.9 Å². The van der Waals surface area contributed by atoms with Crippen LogP contribution in [0.4, 0.5) is 0 Å². The molecule has 0 bridgehead atoms. The molecule has 0 aliphatic heterocycles. The summed E-state index contributed by atoms with van der Waals surface area (Å²) in [5.74, 6) is 2.26. The molecule has 1 fully saturated rings. The highest BCUT2D eigenvalue weighted by atomic mass is 35.5. The first-order valence-electron chi connectivity index (χ1n) is 8.30. The Labute approximate surface area is 144 Å². The largest absolute Gasteiger partial charge is 0.417 e. The van der Waals surface area contributed by atoms with E-state index in [2.05, 4.69) is 48.2 Å². The zero-order valence-electron chi connectivity index (χ0n) is 14.6. The topological polar surface area (TPSA) is 39.4 Å². The summed E-state index contributed by atoms with van der Waals surface area (Å²) in [5.41, 5.74) is 0.894. The Kier molecular flexibility index (Phi) is 4.32. The monoisotopic (exact) mass is 351 g/mol. The van der Waals surface area contributed by atoms with Crippen LogP contribution in [-0.4, -0.2) is 29.3 Å². The summed E-state index contributed by atoms with van der Waals surface area (Å²) in [5, 5.41) is 0.794. The van der Waals surface area contributed by atoms with Crippen molar-refractivity contribution >= 4 is 25.4 Å². The van der Waals surface area contributed by atoms with Crippen molar-refractivity contribution in [1.29, 1.82) is 0 Å². The predicted molar refractivity (Wildman–Crippen MR) is 96.6 cm³/mol. The van der Waals surface area contributed by atoms with E-state index < -0.39 is 8.32 Å². The van der Waals surface area contributed by atoms with E-state index in [1.165, 1.54) is 0 Å². The lowest BCUT2D eigenvalue weighted by Crippen LogP contribution is -2.43. The smallest absolute Gasteiger partial charge is 0.191 e. The summed E-state index contributed by atoms with van der Waals surface area (Å²) in [7, 11) is -1.64. The molecule has 0 amide bonds. The van der Waals surface area contributed by atoms with Gasteiger partial charge in [0.05, 0.1) is 6.20 Å². The van der Waals surface area contributed by atoms with Crippen LogP contribution in [0.5, 0.6) is 0 Å². The maximum Gasteiger partial charge on any atom is 0.191 e. The molecule has 3 rings (SSSR count). The number of fused-ring (bicyclic) bond motifs is 1. The average Bonchev–Trinajstić information content (AvgIpc) is 2.81. The molecular formula is C17H26ClN3OSi. The number of hydrogen-bond donors (Lipinski definition) is 0. The van der Waals surface area contributed by atoms with Gasteiger partial charge in [-0.25, -0.2) is 9.97 Å². The first kappa shape index (κ1) is 16.9. The zero-order valence-corrected chi connectivity index (χ0v) is 16.4. The van der Waals surface area contributed by atoms with Gasteiger partial charge in [-0.3, -0.25) is 4.40 Å². The Hall–Kier alpha value is -0.913. The SMILES string of the molecule is CC(C)(C)[Si](C)(C)OC[C@H]1C[C@@H](c2ncc3c(Cl)nccn32)C1. The van der Waals surface area contributed by atoms with Crippen LogP contribution in [0.1, 0.15) is 45.4 Å². The van der Waals surface area contributed by atoms with Gasteiger partial charge in [0.1, 0.15) is 11.3 Å². The Bertz CT molecular complexity index is 701. The van der Waals surface area contributed by atoms with Crippen molar-refractivity contribution in [1.82, 2.24) is 14.4 Å². The number of aromatic nitrogens is 3. The molecule has 0 spiro atoms. The van der Waals surface area contributed by atoms with Gasteiger partial charge >= 0.3 is 0 Å². The van der Waals surface area contributed by atoms with Crippen LogP contribution in [0.15, 0.2) is 18.6 Å². The Morgan fingerprint density at radius 1 is 1.30 bits per heavy atom. The molecule has 0 N–H and O–H groups in total. The van der Waals surface area contributed by atoms with Crippen molar-refractivity contribution in [3.05, 3.63) is 29.6 Å². The van der Waals surface area contributed by atoms with Crippen LogP contribution >= 0.6 is 11.6 Å². The molecular weight excluding hydrogens is 326 g/mol. The van der Waals surface area contributed by atoms with Crippen molar-refractivity contribution in [3.63, 3.8) is 0 Å². The lowest BCUT2D eigenvalue weighted by Gasteiger charge is -2.40. The first-order chi connectivity index (χ1) is 10.7. The van der Waals surface area contributed by atoms with Gasteiger partial charge in [-0.05, 0) is 36.9 Å². The molecule has 6 heteroatoms. The highest BCUT2D eigenvalue weighted by Crippen LogP contribution is 2.43. The molecule has 23 heavy (non-hydrogen) atoms. The van der Waals surface area contributed by atoms with Gasteiger partial charge in [-0.15, -0.1) is 0 Å². The third-order valence-corrected chi connectivity index (χ3v) is 10.3. The molecule has 0 aromatic carbocycles. The maximum atomic E-state index is 6.35. The Morgan fingerprint density at radius 3 is 2.65 bits per heavy atom. The van der Waals surface area contributed by atoms with Crippen LogP contribution in [0.3, 0.4) is 0 Å². The second-order valence-corrected chi connectivity index (χ2v) is 13.4. The van der Waals surface area contributed by atoms with Gasteiger partial charge in [-0.2, -0.15) is 0 Å². The van der Waals surface area contributed by atoms with Gasteiger partial charge in [-0.1, -0.05) is 32.4 Å². The van der Waals surface area contributed by atoms with E-state index in [-0.39, 0.29) is 5.04 Å². The van der Waals surface area contributed by atoms with Crippen LogP contribution in [0.2, 0.25) is 23.3 Å². The van der Waals surface area contributed by atoms with E-state index in [1.54, 1.807) is 6.20 Å². The molecule has 2 aromatic rings. The fourth-order valence-corrected chi connectivity index (χ4v) is 4.12. The molecule has 1 saturated carbocycles. The van der Waals surface area contributed by atoms with Gasteiger partial charge in [0.2, 0.25) is 0 Å². The number of hydrogen-bond acceptors (Lipinski definition) is 3. The summed E-state index contributed by atoms with van der Waals surface area (Å²) < 4.78 is 8.43.